The minimum atomic E-state index is -0.110. The van der Waals surface area contributed by atoms with Crippen molar-refractivity contribution in [2.75, 3.05) is 4.90 Å². The van der Waals surface area contributed by atoms with Crippen LogP contribution < -0.4 is 4.90 Å². The van der Waals surface area contributed by atoms with Crippen LogP contribution in [0, 0.1) is 0 Å². The quantitative estimate of drug-likeness (QED) is 0.167. The van der Waals surface area contributed by atoms with Gasteiger partial charge in [-0.25, -0.2) is 0 Å². The molecule has 3 heteroatoms. The highest BCUT2D eigenvalue weighted by molar-refractivity contribution is 6.19. The van der Waals surface area contributed by atoms with Crippen LogP contribution >= 0.6 is 0 Å². The van der Waals surface area contributed by atoms with Gasteiger partial charge in [-0.15, -0.1) is 0 Å². The standard InChI is InChI=1S/C61H41NO2/c1-61(2)54-21-7-5-16-49(54)51-20-10-19-47(59(51)61)40-26-32-44(33-27-40)62(43-30-24-38(25-31-43)41-29-35-56-53(37-41)50-17-6-8-22-55(50)63-56)45-14-9-13-42(36-45)46-18-11-23-57-58(46)52-34-28-39-12-3-4-15-48(39)60(52)64-57/h3-37H,1-2H3. The summed E-state index contributed by atoms with van der Waals surface area (Å²) in [7, 11) is 0. The Morgan fingerprint density at radius 3 is 1.86 bits per heavy atom. The maximum absolute atomic E-state index is 6.62. The van der Waals surface area contributed by atoms with Crippen LogP contribution in [0.15, 0.2) is 221 Å². The normalized spacial score (nSPS) is 13.0. The van der Waals surface area contributed by atoms with Crippen molar-refractivity contribution in [2.24, 2.45) is 0 Å². The Bertz CT molecular complexity index is 3810. The second-order valence-corrected chi connectivity index (χ2v) is 17.6. The molecule has 0 atom stereocenters. The van der Waals surface area contributed by atoms with Gasteiger partial charge in [-0.2, -0.15) is 0 Å². The molecule has 3 nitrogen and oxygen atoms in total. The van der Waals surface area contributed by atoms with E-state index in [4.69, 9.17) is 8.83 Å². The van der Waals surface area contributed by atoms with Crippen molar-refractivity contribution >= 4 is 71.7 Å². The van der Waals surface area contributed by atoms with Crippen LogP contribution in [-0.4, -0.2) is 0 Å². The molecule has 2 aromatic heterocycles. The first-order chi connectivity index (χ1) is 31.5. The zero-order valence-corrected chi connectivity index (χ0v) is 35.5. The lowest BCUT2D eigenvalue weighted by Crippen LogP contribution is -2.16. The number of hydrogen-bond acceptors (Lipinski definition) is 3. The summed E-state index contributed by atoms with van der Waals surface area (Å²) in [6, 6.07) is 76.7. The number of rotatable bonds is 6. The third-order valence-corrected chi connectivity index (χ3v) is 13.7. The van der Waals surface area contributed by atoms with E-state index in [9.17, 15) is 0 Å². The number of para-hydroxylation sites is 1. The van der Waals surface area contributed by atoms with Crippen LogP contribution in [0.3, 0.4) is 0 Å². The van der Waals surface area contributed by atoms with Crippen molar-refractivity contribution in [3.8, 4) is 44.5 Å². The minimum Gasteiger partial charge on any atom is -0.456 e. The summed E-state index contributed by atoms with van der Waals surface area (Å²) in [6.45, 7) is 4.72. The average Bonchev–Trinajstić information content (AvgIpc) is 4.00. The van der Waals surface area contributed by atoms with Gasteiger partial charge in [0.2, 0.25) is 0 Å². The maximum atomic E-state index is 6.62. The second-order valence-electron chi connectivity index (χ2n) is 17.6. The van der Waals surface area contributed by atoms with E-state index in [0.29, 0.717) is 0 Å². The van der Waals surface area contributed by atoms with Crippen LogP contribution in [0.25, 0.3) is 99.2 Å². The summed E-state index contributed by atoms with van der Waals surface area (Å²) >= 11 is 0. The molecule has 1 aliphatic rings. The van der Waals surface area contributed by atoms with Crippen molar-refractivity contribution in [1.29, 1.82) is 0 Å². The van der Waals surface area contributed by atoms with Crippen LogP contribution in [-0.2, 0) is 5.41 Å². The highest BCUT2D eigenvalue weighted by atomic mass is 16.3. The largest absolute Gasteiger partial charge is 0.456 e. The molecule has 0 N–H and O–H groups in total. The van der Waals surface area contributed by atoms with Crippen LogP contribution in [0.2, 0.25) is 0 Å². The van der Waals surface area contributed by atoms with Crippen molar-refractivity contribution in [2.45, 2.75) is 19.3 Å². The lowest BCUT2D eigenvalue weighted by atomic mass is 9.79. The van der Waals surface area contributed by atoms with E-state index in [0.717, 1.165) is 88.6 Å². The van der Waals surface area contributed by atoms with Gasteiger partial charge in [-0.3, -0.25) is 0 Å². The van der Waals surface area contributed by atoms with Crippen molar-refractivity contribution in [1.82, 2.24) is 0 Å². The molecule has 1 aliphatic carbocycles. The number of hydrogen-bond donors (Lipinski definition) is 0. The molecule has 302 valence electrons. The van der Waals surface area contributed by atoms with E-state index in [2.05, 4.69) is 219 Å². The lowest BCUT2D eigenvalue weighted by molar-refractivity contribution is 0.662. The van der Waals surface area contributed by atoms with Gasteiger partial charge >= 0.3 is 0 Å². The Hall–Kier alpha value is -8.14. The number of nitrogens with zero attached hydrogens (tertiary/aromatic N) is 1. The van der Waals surface area contributed by atoms with Crippen molar-refractivity contribution in [3.05, 3.63) is 223 Å². The molecule has 0 amide bonds. The van der Waals surface area contributed by atoms with Gasteiger partial charge in [0.25, 0.3) is 0 Å². The Balaban J connectivity index is 0.937. The van der Waals surface area contributed by atoms with E-state index in [1.807, 2.05) is 12.1 Å². The van der Waals surface area contributed by atoms with E-state index in [1.165, 1.54) is 38.8 Å². The van der Waals surface area contributed by atoms with Gasteiger partial charge in [0.15, 0.2) is 0 Å². The fraction of sp³-hybridized carbons (Fsp3) is 0.0492. The maximum Gasteiger partial charge on any atom is 0.143 e. The molecule has 2 heterocycles. The molecule has 0 spiro atoms. The SMILES string of the molecule is CC1(C)c2ccccc2-c2cccc(-c3ccc(N(c4ccc(-c5ccc6oc7ccccc7c6c5)cc4)c4cccc(-c5cccc6oc7c8ccccc8ccc7c56)c4)cc3)c21. The van der Waals surface area contributed by atoms with E-state index < -0.39 is 0 Å². The first-order valence-electron chi connectivity index (χ1n) is 22.1. The molecule has 0 fully saturated rings. The monoisotopic (exact) mass is 819 g/mol. The Morgan fingerprint density at radius 2 is 1.00 bits per heavy atom. The number of furan rings is 2. The smallest absolute Gasteiger partial charge is 0.143 e. The molecule has 0 saturated heterocycles. The lowest BCUT2D eigenvalue weighted by Gasteiger charge is -2.27. The molecule has 64 heavy (non-hydrogen) atoms. The Kier molecular flexibility index (Phi) is 7.95. The van der Waals surface area contributed by atoms with Crippen LogP contribution in [0.1, 0.15) is 25.0 Å². The zero-order valence-electron chi connectivity index (χ0n) is 35.5. The molecule has 0 bridgehead atoms. The third-order valence-electron chi connectivity index (χ3n) is 13.7. The molecular weight excluding hydrogens is 779 g/mol. The summed E-state index contributed by atoms with van der Waals surface area (Å²) in [4.78, 5) is 2.38. The predicted molar refractivity (Wildman–Crippen MR) is 267 cm³/mol. The summed E-state index contributed by atoms with van der Waals surface area (Å²) in [6.07, 6.45) is 0. The van der Waals surface area contributed by atoms with Crippen LogP contribution in [0.4, 0.5) is 17.1 Å². The van der Waals surface area contributed by atoms with E-state index in [1.54, 1.807) is 0 Å². The summed E-state index contributed by atoms with van der Waals surface area (Å²) < 4.78 is 12.8. The molecule has 0 saturated carbocycles. The molecule has 0 unspecified atom stereocenters. The minimum absolute atomic E-state index is 0.110. The molecule has 10 aromatic carbocycles. The summed E-state index contributed by atoms with van der Waals surface area (Å²) in [5.41, 5.74) is 19.2. The molecule has 0 aliphatic heterocycles. The molecule has 0 radical (unpaired) electrons. The van der Waals surface area contributed by atoms with Gasteiger partial charge in [-0.05, 0) is 128 Å². The summed E-state index contributed by atoms with van der Waals surface area (Å²) in [5.74, 6) is 0. The molecule has 13 rings (SSSR count). The summed E-state index contributed by atoms with van der Waals surface area (Å²) in [5, 5.41) is 6.81. The van der Waals surface area contributed by atoms with Gasteiger partial charge in [0.05, 0.1) is 0 Å². The topological polar surface area (TPSA) is 29.5 Å². The Labute approximate surface area is 371 Å². The highest BCUT2D eigenvalue weighted by Crippen LogP contribution is 2.52. The third kappa shape index (κ3) is 5.54. The van der Waals surface area contributed by atoms with Crippen LogP contribution in [0.5, 0.6) is 0 Å². The van der Waals surface area contributed by atoms with Crippen molar-refractivity contribution < 1.29 is 8.83 Å². The van der Waals surface area contributed by atoms with Crippen molar-refractivity contribution in [3.63, 3.8) is 0 Å². The zero-order chi connectivity index (χ0) is 42.5. The number of fused-ring (bicyclic) bond motifs is 11. The molecular formula is C61H41NO2. The predicted octanol–water partition coefficient (Wildman–Crippen LogP) is 17.4. The average molecular weight is 820 g/mol. The fourth-order valence-electron chi connectivity index (χ4n) is 10.6. The van der Waals surface area contributed by atoms with E-state index >= 15 is 0 Å². The first-order valence-corrected chi connectivity index (χ1v) is 22.1. The van der Waals surface area contributed by atoms with Gasteiger partial charge < -0.3 is 13.7 Å². The highest BCUT2D eigenvalue weighted by Gasteiger charge is 2.37. The molecule has 12 aromatic rings. The van der Waals surface area contributed by atoms with Gasteiger partial charge in [0, 0.05) is 49.4 Å². The Morgan fingerprint density at radius 1 is 0.359 bits per heavy atom. The second kappa shape index (κ2) is 13.9. The first kappa shape index (κ1) is 36.5. The van der Waals surface area contributed by atoms with E-state index in [-0.39, 0.29) is 5.41 Å². The van der Waals surface area contributed by atoms with Gasteiger partial charge in [0.1, 0.15) is 22.3 Å². The number of anilines is 3. The van der Waals surface area contributed by atoms with Gasteiger partial charge in [-0.1, -0.05) is 159 Å². The number of benzene rings is 10. The fourth-order valence-corrected chi connectivity index (χ4v) is 10.6.